The van der Waals surface area contributed by atoms with Crippen LogP contribution in [0.15, 0.2) is 36.4 Å². The topological polar surface area (TPSA) is 55.1 Å². The van der Waals surface area contributed by atoms with Gasteiger partial charge in [0.1, 0.15) is 0 Å². The number of nitrogen functional groups attached to an aromatic ring is 1. The third-order valence-corrected chi connectivity index (χ3v) is 3.17. The van der Waals surface area contributed by atoms with Crippen molar-refractivity contribution < 1.29 is 4.79 Å². The third-order valence-electron chi connectivity index (χ3n) is 2.88. The number of carbonyl (C=O) groups is 1. The van der Waals surface area contributed by atoms with Gasteiger partial charge in [0.05, 0.1) is 16.3 Å². The summed E-state index contributed by atoms with van der Waals surface area (Å²) in [4.78, 5) is 12.2. The van der Waals surface area contributed by atoms with E-state index in [1.165, 1.54) is 0 Å². The first-order valence-electron chi connectivity index (χ1n) is 5.91. The Balaban J connectivity index is 2.32. The van der Waals surface area contributed by atoms with Gasteiger partial charge in [0.2, 0.25) is 0 Å². The summed E-state index contributed by atoms with van der Waals surface area (Å²) in [5, 5.41) is 3.34. The highest BCUT2D eigenvalue weighted by atomic mass is 35.5. The maximum atomic E-state index is 12.2. The first kappa shape index (κ1) is 13.4. The van der Waals surface area contributed by atoms with Crippen LogP contribution in [0.2, 0.25) is 5.02 Å². The summed E-state index contributed by atoms with van der Waals surface area (Å²) in [6, 6.07) is 10.7. The minimum Gasteiger partial charge on any atom is -0.398 e. The fourth-order valence-corrected chi connectivity index (χ4v) is 2.33. The van der Waals surface area contributed by atoms with Crippen molar-refractivity contribution in [3.8, 4) is 0 Å². The molecule has 0 heterocycles. The predicted octanol–water partition coefficient (Wildman–Crippen LogP) is 3.79. The number of nitrogens with one attached hydrogen (secondary N) is 1. The second kappa shape index (κ2) is 5.33. The van der Waals surface area contributed by atoms with Crippen molar-refractivity contribution in [3.05, 3.63) is 58.1 Å². The molecule has 2 aromatic carbocycles. The molecule has 0 fully saturated rings. The lowest BCUT2D eigenvalue weighted by Gasteiger charge is -2.12. The second-order valence-corrected chi connectivity index (χ2v) is 4.89. The molecule has 3 N–H and O–H groups in total. The number of halogens is 1. The highest BCUT2D eigenvalue weighted by molar-refractivity contribution is 6.34. The zero-order valence-corrected chi connectivity index (χ0v) is 11.6. The lowest BCUT2D eigenvalue weighted by atomic mass is 10.1. The van der Waals surface area contributed by atoms with Gasteiger partial charge in [0, 0.05) is 5.69 Å². The average molecular weight is 275 g/mol. The number of hydrogen-bond donors (Lipinski definition) is 2. The Morgan fingerprint density at radius 2 is 1.89 bits per heavy atom. The molecule has 0 saturated carbocycles. The number of nitrogens with two attached hydrogens (primary N) is 1. The minimum absolute atomic E-state index is 0.257. The summed E-state index contributed by atoms with van der Waals surface area (Å²) < 4.78 is 0. The van der Waals surface area contributed by atoms with Gasteiger partial charge in [-0.25, -0.2) is 0 Å². The summed E-state index contributed by atoms with van der Waals surface area (Å²) in [5.41, 5.74) is 9.27. The van der Waals surface area contributed by atoms with E-state index in [0.29, 0.717) is 22.0 Å². The van der Waals surface area contributed by atoms with Crippen LogP contribution >= 0.6 is 11.6 Å². The van der Waals surface area contributed by atoms with E-state index in [9.17, 15) is 4.79 Å². The zero-order valence-electron chi connectivity index (χ0n) is 10.8. The van der Waals surface area contributed by atoms with Crippen LogP contribution in [0.25, 0.3) is 0 Å². The number of carbonyl (C=O) groups excluding carboxylic acids is 1. The van der Waals surface area contributed by atoms with Gasteiger partial charge < -0.3 is 11.1 Å². The number of para-hydroxylation sites is 1. The molecule has 0 radical (unpaired) electrons. The lowest BCUT2D eigenvalue weighted by Crippen LogP contribution is -2.15. The molecule has 0 saturated heterocycles. The quantitative estimate of drug-likeness (QED) is 0.819. The number of benzene rings is 2. The zero-order chi connectivity index (χ0) is 14.0. The molecule has 3 nitrogen and oxygen atoms in total. The highest BCUT2D eigenvalue weighted by Gasteiger charge is 2.13. The van der Waals surface area contributed by atoms with Crippen LogP contribution in [0.1, 0.15) is 21.5 Å². The normalized spacial score (nSPS) is 10.3. The molecule has 0 bridgehead atoms. The van der Waals surface area contributed by atoms with Crippen LogP contribution in [-0.4, -0.2) is 5.91 Å². The van der Waals surface area contributed by atoms with Crippen molar-refractivity contribution in [1.29, 1.82) is 0 Å². The van der Waals surface area contributed by atoms with E-state index in [1.807, 2.05) is 26.0 Å². The van der Waals surface area contributed by atoms with Gasteiger partial charge in [-0.3, -0.25) is 4.79 Å². The SMILES string of the molecule is Cc1cc(C)c(NC(=O)c2ccccc2N)c(Cl)c1. The highest BCUT2D eigenvalue weighted by Crippen LogP contribution is 2.28. The van der Waals surface area contributed by atoms with Gasteiger partial charge in [-0.2, -0.15) is 0 Å². The molecule has 19 heavy (non-hydrogen) atoms. The molecular formula is C15H15ClN2O. The van der Waals surface area contributed by atoms with E-state index in [4.69, 9.17) is 17.3 Å². The van der Waals surface area contributed by atoms with E-state index in [-0.39, 0.29) is 5.91 Å². The summed E-state index contributed by atoms with van der Waals surface area (Å²) in [6.45, 7) is 3.86. The third kappa shape index (κ3) is 2.88. The van der Waals surface area contributed by atoms with Crippen LogP contribution < -0.4 is 11.1 Å². The van der Waals surface area contributed by atoms with Gasteiger partial charge in [-0.1, -0.05) is 29.8 Å². The molecule has 1 amide bonds. The van der Waals surface area contributed by atoms with Crippen LogP contribution in [0.5, 0.6) is 0 Å². The maximum Gasteiger partial charge on any atom is 0.257 e. The molecular weight excluding hydrogens is 260 g/mol. The smallest absolute Gasteiger partial charge is 0.257 e. The number of rotatable bonds is 2. The number of anilines is 2. The first-order chi connectivity index (χ1) is 8.99. The van der Waals surface area contributed by atoms with Crippen molar-refractivity contribution in [2.24, 2.45) is 0 Å². The van der Waals surface area contributed by atoms with Gasteiger partial charge in [0.15, 0.2) is 0 Å². The Labute approximate surface area is 117 Å². The van der Waals surface area contributed by atoms with Crippen molar-refractivity contribution >= 4 is 28.9 Å². The van der Waals surface area contributed by atoms with E-state index < -0.39 is 0 Å². The van der Waals surface area contributed by atoms with Gasteiger partial charge in [-0.05, 0) is 43.2 Å². The van der Waals surface area contributed by atoms with E-state index >= 15 is 0 Å². The fourth-order valence-electron chi connectivity index (χ4n) is 1.96. The first-order valence-corrected chi connectivity index (χ1v) is 6.29. The summed E-state index contributed by atoms with van der Waals surface area (Å²) in [5.74, 6) is -0.257. The Kier molecular flexibility index (Phi) is 3.76. The molecule has 2 rings (SSSR count). The molecule has 2 aromatic rings. The summed E-state index contributed by atoms with van der Waals surface area (Å²) >= 11 is 6.16. The molecule has 98 valence electrons. The summed E-state index contributed by atoms with van der Waals surface area (Å²) in [7, 11) is 0. The van der Waals surface area contributed by atoms with Crippen molar-refractivity contribution in [3.63, 3.8) is 0 Å². The summed E-state index contributed by atoms with van der Waals surface area (Å²) in [6.07, 6.45) is 0. The van der Waals surface area contributed by atoms with Crippen molar-refractivity contribution in [1.82, 2.24) is 0 Å². The maximum absolute atomic E-state index is 12.2. The monoisotopic (exact) mass is 274 g/mol. The minimum atomic E-state index is -0.257. The Morgan fingerprint density at radius 1 is 1.21 bits per heavy atom. The Morgan fingerprint density at radius 3 is 2.53 bits per heavy atom. The predicted molar refractivity (Wildman–Crippen MR) is 79.7 cm³/mol. The number of hydrogen-bond acceptors (Lipinski definition) is 2. The van der Waals surface area contributed by atoms with Crippen LogP contribution in [0, 0.1) is 13.8 Å². The molecule has 0 spiro atoms. The largest absolute Gasteiger partial charge is 0.398 e. The molecule has 0 aliphatic rings. The van der Waals surface area contributed by atoms with Gasteiger partial charge >= 0.3 is 0 Å². The fraction of sp³-hybridized carbons (Fsp3) is 0.133. The van der Waals surface area contributed by atoms with E-state index in [1.54, 1.807) is 24.3 Å². The average Bonchev–Trinajstić information content (AvgIpc) is 2.34. The second-order valence-electron chi connectivity index (χ2n) is 4.48. The van der Waals surface area contributed by atoms with Gasteiger partial charge in [-0.15, -0.1) is 0 Å². The van der Waals surface area contributed by atoms with Crippen LogP contribution in [0.3, 0.4) is 0 Å². The molecule has 4 heteroatoms. The Hall–Kier alpha value is -2.00. The van der Waals surface area contributed by atoms with Crippen LogP contribution in [-0.2, 0) is 0 Å². The Bertz CT molecular complexity index is 615. The molecule has 0 unspecified atom stereocenters. The standard InChI is InChI=1S/C15H15ClN2O/c1-9-7-10(2)14(12(16)8-9)18-15(19)11-5-3-4-6-13(11)17/h3-8H,17H2,1-2H3,(H,18,19). The molecule has 0 aliphatic heterocycles. The molecule has 0 aromatic heterocycles. The molecule has 0 atom stereocenters. The van der Waals surface area contributed by atoms with Crippen molar-refractivity contribution in [2.45, 2.75) is 13.8 Å². The van der Waals surface area contributed by atoms with Crippen molar-refractivity contribution in [2.75, 3.05) is 11.1 Å². The van der Waals surface area contributed by atoms with Crippen LogP contribution in [0.4, 0.5) is 11.4 Å². The van der Waals surface area contributed by atoms with E-state index in [0.717, 1.165) is 11.1 Å². The number of aryl methyl sites for hydroxylation is 2. The van der Waals surface area contributed by atoms with E-state index in [2.05, 4.69) is 5.32 Å². The lowest BCUT2D eigenvalue weighted by molar-refractivity contribution is 0.102. The molecule has 0 aliphatic carbocycles. The number of amides is 1. The van der Waals surface area contributed by atoms with Gasteiger partial charge in [0.25, 0.3) is 5.91 Å².